The number of rotatable bonds is 5. The summed E-state index contributed by atoms with van der Waals surface area (Å²) in [6.45, 7) is 0.210. The van der Waals surface area contributed by atoms with Gasteiger partial charge in [-0.3, -0.25) is 9.78 Å². The second-order valence-corrected chi connectivity index (χ2v) is 5.90. The van der Waals surface area contributed by atoms with E-state index in [1.165, 1.54) is 4.90 Å². The molecule has 1 aromatic carbocycles. The van der Waals surface area contributed by atoms with Gasteiger partial charge in [0.05, 0.1) is 12.9 Å². The first-order valence-corrected chi connectivity index (χ1v) is 8.28. The molecule has 1 amide bonds. The third-order valence-electron chi connectivity index (χ3n) is 4.00. The van der Waals surface area contributed by atoms with Gasteiger partial charge in [0, 0.05) is 36.9 Å². The molecule has 3 aromatic heterocycles. The predicted molar refractivity (Wildman–Crippen MR) is 96.9 cm³/mol. The zero-order chi connectivity index (χ0) is 18.6. The Labute approximate surface area is 155 Å². The Balaban J connectivity index is 1.44. The van der Waals surface area contributed by atoms with Crippen LogP contribution < -0.4 is 0 Å². The number of hydrogen-bond donors (Lipinski definition) is 0. The summed E-state index contributed by atoms with van der Waals surface area (Å²) in [4.78, 5) is 26.7. The van der Waals surface area contributed by atoms with Crippen molar-refractivity contribution in [2.75, 3.05) is 7.05 Å². The van der Waals surface area contributed by atoms with Gasteiger partial charge in [-0.15, -0.1) is 0 Å². The van der Waals surface area contributed by atoms with Gasteiger partial charge in [0.2, 0.25) is 11.7 Å². The number of aromatic nitrogens is 5. The molecule has 0 radical (unpaired) electrons. The van der Waals surface area contributed by atoms with Gasteiger partial charge in [-0.25, -0.2) is 4.98 Å². The minimum absolute atomic E-state index is 0.134. The highest BCUT2D eigenvalue weighted by molar-refractivity contribution is 5.94. The molecular weight excluding hydrogens is 344 g/mol. The lowest BCUT2D eigenvalue weighted by molar-refractivity contribution is 0.0769. The largest absolute Gasteiger partial charge is 0.337 e. The van der Waals surface area contributed by atoms with Crippen molar-refractivity contribution < 1.29 is 9.32 Å². The number of hydrogen-bond acceptors (Lipinski definition) is 6. The van der Waals surface area contributed by atoms with Gasteiger partial charge >= 0.3 is 0 Å². The summed E-state index contributed by atoms with van der Waals surface area (Å²) in [5, 5.41) is 3.92. The maximum Gasteiger partial charge on any atom is 0.254 e. The SMILES string of the molecule is CN(Cc1nc(-c2ccccn2)no1)C(=O)c1ccc(-n2ccnc2)cc1. The number of pyridine rings is 1. The van der Waals surface area contributed by atoms with E-state index in [0.717, 1.165) is 5.69 Å². The summed E-state index contributed by atoms with van der Waals surface area (Å²) in [5.74, 6) is 0.613. The highest BCUT2D eigenvalue weighted by Gasteiger charge is 2.16. The van der Waals surface area contributed by atoms with Crippen LogP contribution in [0.15, 0.2) is 71.9 Å². The van der Waals surface area contributed by atoms with Crippen LogP contribution in [0.2, 0.25) is 0 Å². The van der Waals surface area contributed by atoms with Crippen LogP contribution in [0.1, 0.15) is 16.2 Å². The average molecular weight is 360 g/mol. The summed E-state index contributed by atoms with van der Waals surface area (Å²) in [5.41, 5.74) is 2.13. The molecule has 0 saturated heterocycles. The van der Waals surface area contributed by atoms with Crippen LogP contribution >= 0.6 is 0 Å². The fraction of sp³-hybridized carbons (Fsp3) is 0.105. The molecule has 4 rings (SSSR count). The van der Waals surface area contributed by atoms with Crippen LogP contribution in [0.4, 0.5) is 0 Å². The molecule has 0 aliphatic carbocycles. The van der Waals surface area contributed by atoms with Crippen molar-refractivity contribution in [3.8, 4) is 17.2 Å². The van der Waals surface area contributed by atoms with Crippen LogP contribution in [-0.2, 0) is 6.54 Å². The molecule has 0 saturated carbocycles. The van der Waals surface area contributed by atoms with Gasteiger partial charge < -0.3 is 14.0 Å². The second-order valence-electron chi connectivity index (χ2n) is 5.90. The van der Waals surface area contributed by atoms with Crippen molar-refractivity contribution in [2.24, 2.45) is 0 Å². The number of imidazole rings is 1. The van der Waals surface area contributed by atoms with E-state index in [2.05, 4.69) is 20.1 Å². The standard InChI is InChI=1S/C19H16N6O2/c1-24(12-17-22-18(23-27-17)16-4-2-3-9-21-16)19(26)14-5-7-15(8-6-14)25-11-10-20-13-25/h2-11,13H,12H2,1H3. The molecule has 0 aliphatic heterocycles. The molecule has 0 bridgehead atoms. The van der Waals surface area contributed by atoms with Crippen LogP contribution in [0, 0.1) is 0 Å². The van der Waals surface area contributed by atoms with E-state index < -0.39 is 0 Å². The minimum atomic E-state index is -0.134. The van der Waals surface area contributed by atoms with Crippen molar-refractivity contribution in [3.05, 3.63) is 78.8 Å². The number of nitrogens with zero attached hydrogens (tertiary/aromatic N) is 6. The molecule has 0 N–H and O–H groups in total. The number of carbonyl (C=O) groups excluding carboxylic acids is 1. The van der Waals surface area contributed by atoms with Crippen molar-refractivity contribution in [2.45, 2.75) is 6.54 Å². The average Bonchev–Trinajstić information content (AvgIpc) is 3.40. The molecule has 8 heteroatoms. The van der Waals surface area contributed by atoms with E-state index in [9.17, 15) is 4.79 Å². The lowest BCUT2D eigenvalue weighted by atomic mass is 10.2. The van der Waals surface area contributed by atoms with Gasteiger partial charge in [0.15, 0.2) is 0 Å². The molecule has 0 spiro atoms. The molecule has 0 aliphatic rings. The highest BCUT2D eigenvalue weighted by atomic mass is 16.5. The molecular formula is C19H16N6O2. The first-order valence-electron chi connectivity index (χ1n) is 8.28. The monoisotopic (exact) mass is 360 g/mol. The van der Waals surface area contributed by atoms with Crippen molar-refractivity contribution in [1.29, 1.82) is 0 Å². The maximum atomic E-state index is 12.6. The summed E-state index contributed by atoms with van der Waals surface area (Å²) < 4.78 is 7.11. The summed E-state index contributed by atoms with van der Waals surface area (Å²) >= 11 is 0. The van der Waals surface area contributed by atoms with Crippen molar-refractivity contribution >= 4 is 5.91 Å². The third-order valence-corrected chi connectivity index (χ3v) is 4.00. The van der Waals surface area contributed by atoms with E-state index in [4.69, 9.17) is 4.52 Å². The van der Waals surface area contributed by atoms with Crippen LogP contribution in [0.25, 0.3) is 17.2 Å². The van der Waals surface area contributed by atoms with Gasteiger partial charge in [-0.05, 0) is 36.4 Å². The molecule has 0 atom stereocenters. The van der Waals surface area contributed by atoms with E-state index in [-0.39, 0.29) is 12.5 Å². The van der Waals surface area contributed by atoms with Gasteiger partial charge in [0.1, 0.15) is 5.69 Å². The predicted octanol–water partition coefficient (Wildman–Crippen LogP) is 2.59. The van der Waals surface area contributed by atoms with E-state index in [1.807, 2.05) is 35.0 Å². The van der Waals surface area contributed by atoms with E-state index >= 15 is 0 Å². The second kappa shape index (κ2) is 7.20. The maximum absolute atomic E-state index is 12.6. The Morgan fingerprint density at radius 2 is 2.00 bits per heavy atom. The minimum Gasteiger partial charge on any atom is -0.337 e. The van der Waals surface area contributed by atoms with Crippen LogP contribution in [0.3, 0.4) is 0 Å². The smallest absolute Gasteiger partial charge is 0.254 e. The Morgan fingerprint density at radius 1 is 1.15 bits per heavy atom. The molecule has 3 heterocycles. The Kier molecular flexibility index (Phi) is 4.44. The quantitative estimate of drug-likeness (QED) is 0.543. The molecule has 0 unspecified atom stereocenters. The molecule has 134 valence electrons. The van der Waals surface area contributed by atoms with Crippen LogP contribution in [-0.4, -0.2) is 42.5 Å². The van der Waals surface area contributed by atoms with E-state index in [0.29, 0.717) is 23.0 Å². The molecule has 0 fully saturated rings. The third kappa shape index (κ3) is 3.59. The molecule has 27 heavy (non-hydrogen) atoms. The molecule has 4 aromatic rings. The first kappa shape index (κ1) is 16.6. The normalized spacial score (nSPS) is 10.7. The molecule has 8 nitrogen and oxygen atoms in total. The number of carbonyl (C=O) groups is 1. The van der Waals surface area contributed by atoms with Crippen LogP contribution in [0.5, 0.6) is 0 Å². The topological polar surface area (TPSA) is 89.9 Å². The Morgan fingerprint density at radius 3 is 2.70 bits per heavy atom. The van der Waals surface area contributed by atoms with E-state index in [1.54, 1.807) is 44.0 Å². The fourth-order valence-electron chi connectivity index (χ4n) is 2.60. The summed E-state index contributed by atoms with van der Waals surface area (Å²) in [7, 11) is 1.69. The Hall–Kier alpha value is -3.81. The lowest BCUT2D eigenvalue weighted by Gasteiger charge is -2.15. The summed E-state index contributed by atoms with van der Waals surface area (Å²) in [6.07, 6.45) is 6.92. The zero-order valence-corrected chi connectivity index (χ0v) is 14.6. The summed E-state index contributed by atoms with van der Waals surface area (Å²) in [6, 6.07) is 12.8. The highest BCUT2D eigenvalue weighted by Crippen LogP contribution is 2.15. The number of benzene rings is 1. The van der Waals surface area contributed by atoms with Crippen molar-refractivity contribution in [1.82, 2.24) is 29.6 Å². The number of amides is 1. The van der Waals surface area contributed by atoms with Gasteiger partial charge in [0.25, 0.3) is 5.91 Å². The lowest BCUT2D eigenvalue weighted by Crippen LogP contribution is -2.26. The van der Waals surface area contributed by atoms with Gasteiger partial charge in [-0.2, -0.15) is 4.98 Å². The fourth-order valence-corrected chi connectivity index (χ4v) is 2.60. The van der Waals surface area contributed by atoms with Gasteiger partial charge in [-0.1, -0.05) is 11.2 Å². The van der Waals surface area contributed by atoms with Crippen molar-refractivity contribution in [3.63, 3.8) is 0 Å². The Bertz CT molecular complexity index is 1030. The zero-order valence-electron chi connectivity index (χ0n) is 14.6. The first-order chi connectivity index (χ1) is 13.2.